The second-order valence-electron chi connectivity index (χ2n) is 6.53. The second-order valence-corrected chi connectivity index (χ2v) is 6.93. The molecule has 0 bridgehead atoms. The molecule has 3 N–H and O–H groups in total. The van der Waals surface area contributed by atoms with E-state index >= 15 is 0 Å². The van der Waals surface area contributed by atoms with Crippen LogP contribution >= 0.6 is 11.6 Å². The fourth-order valence-corrected chi connectivity index (χ4v) is 3.03. The van der Waals surface area contributed by atoms with Crippen molar-refractivity contribution in [3.8, 4) is 0 Å². The number of anilines is 1. The van der Waals surface area contributed by atoms with Gasteiger partial charge in [-0.25, -0.2) is 0 Å². The summed E-state index contributed by atoms with van der Waals surface area (Å²) in [6.45, 7) is 0. The molecule has 0 radical (unpaired) electrons. The number of nitrogens with one attached hydrogen (secondary N) is 1. The Hall–Kier alpha value is -2.60. The molecule has 1 aliphatic heterocycles. The van der Waals surface area contributed by atoms with Crippen molar-refractivity contribution in [3.63, 3.8) is 0 Å². The largest absolute Gasteiger partial charge is 0.428 e. The van der Waals surface area contributed by atoms with Crippen LogP contribution in [0.4, 0.5) is 45.2 Å². The SMILES string of the molecule is Nc1ccc(C2=CC(c3cc(C(F)(F)F)cc(C(F)(F)F)c3)(C(F)(F)F)ON2)cc1Cl. The number of hydrogen-bond donors (Lipinski definition) is 2. The van der Waals surface area contributed by atoms with Crippen LogP contribution in [0.2, 0.25) is 5.02 Å². The Kier molecular flexibility index (Phi) is 5.38. The predicted octanol–water partition coefficient (Wildman–Crippen LogP) is 6.29. The Labute approximate surface area is 173 Å². The van der Waals surface area contributed by atoms with Crippen molar-refractivity contribution in [2.75, 3.05) is 5.73 Å². The predicted molar refractivity (Wildman–Crippen MR) is 92.2 cm³/mol. The zero-order valence-corrected chi connectivity index (χ0v) is 15.6. The first-order chi connectivity index (χ1) is 14.0. The highest BCUT2D eigenvalue weighted by Gasteiger charge is 2.60. The minimum Gasteiger partial charge on any atom is -0.398 e. The van der Waals surface area contributed by atoms with Crippen LogP contribution in [-0.4, -0.2) is 6.18 Å². The minimum atomic E-state index is -5.44. The topological polar surface area (TPSA) is 47.3 Å². The molecule has 3 nitrogen and oxygen atoms in total. The van der Waals surface area contributed by atoms with Crippen molar-refractivity contribution >= 4 is 23.0 Å². The second kappa shape index (κ2) is 7.23. The Morgan fingerprint density at radius 3 is 1.84 bits per heavy atom. The highest BCUT2D eigenvalue weighted by atomic mass is 35.5. The molecule has 1 unspecified atom stereocenters. The molecule has 31 heavy (non-hydrogen) atoms. The molecule has 1 heterocycles. The van der Waals surface area contributed by atoms with E-state index in [0.29, 0.717) is 6.08 Å². The van der Waals surface area contributed by atoms with Gasteiger partial charge in [0.2, 0.25) is 5.60 Å². The Morgan fingerprint density at radius 2 is 1.39 bits per heavy atom. The smallest absolute Gasteiger partial charge is 0.398 e. The quantitative estimate of drug-likeness (QED) is 0.395. The summed E-state index contributed by atoms with van der Waals surface area (Å²) in [6.07, 6.45) is -15.8. The molecule has 1 aliphatic rings. The van der Waals surface area contributed by atoms with Crippen molar-refractivity contribution in [1.29, 1.82) is 0 Å². The first kappa shape index (κ1) is 23.1. The van der Waals surface area contributed by atoms with E-state index in [1.807, 2.05) is 5.48 Å². The number of rotatable bonds is 2. The van der Waals surface area contributed by atoms with Crippen LogP contribution in [0, 0.1) is 0 Å². The summed E-state index contributed by atoms with van der Waals surface area (Å²) in [5.74, 6) is 0. The van der Waals surface area contributed by atoms with Crippen LogP contribution in [-0.2, 0) is 22.8 Å². The third-order valence-corrected chi connectivity index (χ3v) is 4.75. The first-order valence-electron chi connectivity index (χ1n) is 8.13. The Balaban J connectivity index is 2.25. The van der Waals surface area contributed by atoms with E-state index < -0.39 is 40.8 Å². The first-order valence-corrected chi connectivity index (χ1v) is 8.51. The molecular formula is C18H10ClF9N2O. The average Bonchev–Trinajstić information content (AvgIpc) is 3.09. The van der Waals surface area contributed by atoms with Crippen LogP contribution in [0.1, 0.15) is 22.3 Å². The summed E-state index contributed by atoms with van der Waals surface area (Å²) in [5, 5.41) is -0.0388. The number of hydroxylamine groups is 1. The van der Waals surface area contributed by atoms with E-state index in [1.54, 1.807) is 0 Å². The van der Waals surface area contributed by atoms with Crippen molar-refractivity contribution < 1.29 is 44.4 Å². The van der Waals surface area contributed by atoms with Gasteiger partial charge in [-0.05, 0) is 36.4 Å². The number of hydrogen-bond acceptors (Lipinski definition) is 3. The summed E-state index contributed by atoms with van der Waals surface area (Å²) in [6, 6.07) is 3.28. The number of benzene rings is 2. The van der Waals surface area contributed by atoms with Crippen LogP contribution in [0.5, 0.6) is 0 Å². The highest BCUT2D eigenvalue weighted by Crippen LogP contribution is 2.49. The van der Waals surface area contributed by atoms with Crippen molar-refractivity contribution in [3.05, 3.63) is 69.8 Å². The maximum absolute atomic E-state index is 14.0. The maximum Gasteiger partial charge on any atom is 0.428 e. The van der Waals surface area contributed by atoms with E-state index in [0.717, 1.165) is 6.07 Å². The fourth-order valence-electron chi connectivity index (χ4n) is 2.85. The molecule has 168 valence electrons. The van der Waals surface area contributed by atoms with Crippen molar-refractivity contribution in [2.24, 2.45) is 0 Å². The van der Waals surface area contributed by atoms with Gasteiger partial charge < -0.3 is 5.73 Å². The van der Waals surface area contributed by atoms with Gasteiger partial charge in [-0.15, -0.1) is 0 Å². The lowest BCUT2D eigenvalue weighted by molar-refractivity contribution is -0.269. The Bertz CT molecular complexity index is 1010. The summed E-state index contributed by atoms with van der Waals surface area (Å²) in [5.41, 5.74) is -1.73. The maximum atomic E-state index is 14.0. The normalized spacial score (nSPS) is 19.9. The summed E-state index contributed by atoms with van der Waals surface area (Å²) < 4.78 is 121. The molecule has 0 amide bonds. The number of halogens is 10. The lowest BCUT2D eigenvalue weighted by atomic mass is 9.88. The molecule has 0 aromatic heterocycles. The van der Waals surface area contributed by atoms with Gasteiger partial charge in [0.1, 0.15) is 0 Å². The number of alkyl halides is 9. The zero-order chi connectivity index (χ0) is 23.4. The van der Waals surface area contributed by atoms with E-state index in [2.05, 4.69) is 4.84 Å². The summed E-state index contributed by atoms with van der Waals surface area (Å²) in [4.78, 5) is 4.59. The molecule has 1 atom stereocenters. The van der Waals surface area contributed by atoms with Gasteiger partial charge in [0, 0.05) is 11.1 Å². The van der Waals surface area contributed by atoms with Gasteiger partial charge in [-0.3, -0.25) is 10.3 Å². The number of nitrogens with two attached hydrogens (primary N) is 1. The number of nitrogen functional groups attached to an aromatic ring is 1. The molecule has 13 heteroatoms. The summed E-state index contributed by atoms with van der Waals surface area (Å²) in [7, 11) is 0. The minimum absolute atomic E-state index is 0.00773. The van der Waals surface area contributed by atoms with Gasteiger partial charge in [0.25, 0.3) is 0 Å². The lowest BCUT2D eigenvalue weighted by Crippen LogP contribution is -2.43. The third kappa shape index (κ3) is 4.26. The highest BCUT2D eigenvalue weighted by molar-refractivity contribution is 6.33. The fraction of sp³-hybridized carbons (Fsp3) is 0.222. The van der Waals surface area contributed by atoms with E-state index in [1.165, 1.54) is 12.1 Å². The van der Waals surface area contributed by atoms with Crippen LogP contribution in [0.25, 0.3) is 5.70 Å². The molecule has 0 saturated heterocycles. The molecule has 0 fully saturated rings. The van der Waals surface area contributed by atoms with Gasteiger partial charge >= 0.3 is 18.5 Å². The standard InChI is InChI=1S/C18H10ClF9N2O/c19-12-3-8(1-2-13(12)29)14-7-15(31-30-14,18(26,27)28)9-4-10(16(20,21)22)6-11(5-9)17(23,24)25/h1-7,30H,29H2. The Morgan fingerprint density at radius 1 is 0.839 bits per heavy atom. The zero-order valence-electron chi connectivity index (χ0n) is 14.8. The molecule has 0 saturated carbocycles. The van der Waals surface area contributed by atoms with Crippen LogP contribution in [0.3, 0.4) is 0 Å². The third-order valence-electron chi connectivity index (χ3n) is 4.42. The molecule has 0 spiro atoms. The lowest BCUT2D eigenvalue weighted by Gasteiger charge is -2.29. The molecule has 2 aromatic carbocycles. The van der Waals surface area contributed by atoms with Crippen molar-refractivity contribution in [1.82, 2.24) is 5.48 Å². The van der Waals surface area contributed by atoms with Gasteiger partial charge in [-0.1, -0.05) is 17.7 Å². The summed E-state index contributed by atoms with van der Waals surface area (Å²) >= 11 is 5.82. The van der Waals surface area contributed by atoms with E-state index in [4.69, 9.17) is 17.3 Å². The van der Waals surface area contributed by atoms with Crippen LogP contribution < -0.4 is 11.2 Å². The van der Waals surface area contributed by atoms with Gasteiger partial charge in [0.15, 0.2) is 0 Å². The molecule has 3 rings (SSSR count). The average molecular weight is 477 g/mol. The molecule has 2 aromatic rings. The van der Waals surface area contributed by atoms with E-state index in [9.17, 15) is 39.5 Å². The molecule has 0 aliphatic carbocycles. The van der Waals surface area contributed by atoms with Gasteiger partial charge in [0.05, 0.1) is 27.5 Å². The molecular weight excluding hydrogens is 467 g/mol. The van der Waals surface area contributed by atoms with Crippen molar-refractivity contribution in [2.45, 2.75) is 24.1 Å². The monoisotopic (exact) mass is 476 g/mol. The van der Waals surface area contributed by atoms with Crippen LogP contribution in [0.15, 0.2) is 42.5 Å². The van der Waals surface area contributed by atoms with Gasteiger partial charge in [-0.2, -0.15) is 39.5 Å². The van der Waals surface area contributed by atoms with E-state index in [-0.39, 0.29) is 40.2 Å².